The van der Waals surface area contributed by atoms with Crippen LogP contribution in [0.3, 0.4) is 0 Å². The number of ether oxygens (including phenoxy) is 1. The molecule has 17 heavy (non-hydrogen) atoms. The van der Waals surface area contributed by atoms with E-state index in [1.165, 1.54) is 0 Å². The van der Waals surface area contributed by atoms with Crippen LogP contribution in [-0.2, 0) is 4.74 Å². The zero-order valence-electron chi connectivity index (χ0n) is 11.5. The van der Waals surface area contributed by atoms with Crippen molar-refractivity contribution in [1.29, 1.82) is 0 Å². The molecule has 2 N–H and O–H groups in total. The Morgan fingerprint density at radius 3 is 2.94 bits per heavy atom. The fraction of sp³-hybridized carbons (Fsp3) is 1.00. The van der Waals surface area contributed by atoms with Crippen molar-refractivity contribution in [2.75, 3.05) is 39.8 Å². The SMILES string of the molecule is CCCNCC(O)CN1CCC(C)C(OC)C1. The number of likely N-dealkylation sites (tertiary alicyclic amines) is 1. The monoisotopic (exact) mass is 244 g/mol. The van der Waals surface area contributed by atoms with Crippen LogP contribution >= 0.6 is 0 Å². The molecule has 0 amide bonds. The molecule has 1 aliphatic rings. The standard InChI is InChI=1S/C13H28N2O2/c1-4-6-14-8-12(16)9-15-7-5-11(2)13(10-15)17-3/h11-14,16H,4-10H2,1-3H3. The number of β-amino-alcohol motifs (C(OH)–C–C–N with tert-alkyl or cyclic N) is 1. The molecular formula is C13H28N2O2. The molecule has 3 unspecified atom stereocenters. The lowest BCUT2D eigenvalue weighted by atomic mass is 9.95. The van der Waals surface area contributed by atoms with Crippen molar-refractivity contribution in [2.45, 2.75) is 38.9 Å². The van der Waals surface area contributed by atoms with E-state index >= 15 is 0 Å². The van der Waals surface area contributed by atoms with E-state index in [1.807, 2.05) is 0 Å². The Bertz CT molecular complexity index is 202. The molecule has 1 saturated heterocycles. The van der Waals surface area contributed by atoms with Crippen molar-refractivity contribution in [3.05, 3.63) is 0 Å². The number of hydrogen-bond donors (Lipinski definition) is 2. The van der Waals surface area contributed by atoms with Crippen molar-refractivity contribution in [2.24, 2.45) is 5.92 Å². The fourth-order valence-electron chi connectivity index (χ4n) is 2.38. The van der Waals surface area contributed by atoms with Gasteiger partial charge in [-0.1, -0.05) is 13.8 Å². The molecule has 102 valence electrons. The molecule has 0 aromatic carbocycles. The molecule has 1 heterocycles. The van der Waals surface area contributed by atoms with Gasteiger partial charge in [-0.05, 0) is 31.8 Å². The van der Waals surface area contributed by atoms with E-state index in [0.717, 1.165) is 39.0 Å². The average Bonchev–Trinajstić information content (AvgIpc) is 2.32. The molecule has 3 atom stereocenters. The van der Waals surface area contributed by atoms with Crippen LogP contribution in [0.1, 0.15) is 26.7 Å². The van der Waals surface area contributed by atoms with Gasteiger partial charge in [0.2, 0.25) is 0 Å². The quantitative estimate of drug-likeness (QED) is 0.647. The first kappa shape index (κ1) is 14.9. The maximum Gasteiger partial charge on any atom is 0.0791 e. The Morgan fingerprint density at radius 1 is 1.53 bits per heavy atom. The van der Waals surface area contributed by atoms with Gasteiger partial charge in [0.25, 0.3) is 0 Å². The second-order valence-electron chi connectivity index (χ2n) is 5.16. The van der Waals surface area contributed by atoms with E-state index < -0.39 is 0 Å². The number of methoxy groups -OCH3 is 1. The molecule has 0 saturated carbocycles. The minimum absolute atomic E-state index is 0.271. The third-order valence-corrected chi connectivity index (χ3v) is 3.55. The van der Waals surface area contributed by atoms with Gasteiger partial charge in [0.1, 0.15) is 0 Å². The van der Waals surface area contributed by atoms with Crippen LogP contribution in [0.5, 0.6) is 0 Å². The van der Waals surface area contributed by atoms with Crippen LogP contribution in [0.4, 0.5) is 0 Å². The number of aliphatic hydroxyl groups excluding tert-OH is 1. The highest BCUT2D eigenvalue weighted by Gasteiger charge is 2.26. The van der Waals surface area contributed by atoms with Crippen molar-refractivity contribution in [3.8, 4) is 0 Å². The molecule has 1 rings (SSSR count). The van der Waals surface area contributed by atoms with Crippen LogP contribution in [0.15, 0.2) is 0 Å². The summed E-state index contributed by atoms with van der Waals surface area (Å²) in [6.45, 7) is 8.82. The number of nitrogens with zero attached hydrogens (tertiary/aromatic N) is 1. The van der Waals surface area contributed by atoms with E-state index in [-0.39, 0.29) is 6.10 Å². The Hall–Kier alpha value is -0.160. The van der Waals surface area contributed by atoms with E-state index in [9.17, 15) is 5.11 Å². The molecule has 4 nitrogen and oxygen atoms in total. The van der Waals surface area contributed by atoms with Crippen LogP contribution in [0, 0.1) is 5.92 Å². The van der Waals surface area contributed by atoms with Gasteiger partial charge in [0.05, 0.1) is 12.2 Å². The van der Waals surface area contributed by atoms with Gasteiger partial charge >= 0.3 is 0 Å². The second kappa shape index (κ2) is 8.03. The van der Waals surface area contributed by atoms with Crippen LogP contribution in [-0.4, -0.2) is 62.0 Å². The molecular weight excluding hydrogens is 216 g/mol. The summed E-state index contributed by atoms with van der Waals surface area (Å²) < 4.78 is 5.47. The Balaban J connectivity index is 2.22. The number of hydrogen-bond acceptors (Lipinski definition) is 4. The third kappa shape index (κ3) is 5.34. The molecule has 0 aromatic rings. The molecule has 1 fully saturated rings. The summed E-state index contributed by atoms with van der Waals surface area (Å²) >= 11 is 0. The number of piperidine rings is 1. The number of nitrogens with one attached hydrogen (secondary N) is 1. The maximum absolute atomic E-state index is 9.91. The van der Waals surface area contributed by atoms with E-state index in [2.05, 4.69) is 24.1 Å². The summed E-state index contributed by atoms with van der Waals surface area (Å²) in [6.07, 6.45) is 2.32. The second-order valence-corrected chi connectivity index (χ2v) is 5.16. The number of rotatable bonds is 7. The number of aliphatic hydroxyl groups is 1. The van der Waals surface area contributed by atoms with Gasteiger partial charge in [-0.2, -0.15) is 0 Å². The zero-order valence-corrected chi connectivity index (χ0v) is 11.5. The van der Waals surface area contributed by atoms with Crippen molar-refractivity contribution < 1.29 is 9.84 Å². The predicted molar refractivity (Wildman–Crippen MR) is 70.2 cm³/mol. The minimum Gasteiger partial charge on any atom is -0.390 e. The van der Waals surface area contributed by atoms with E-state index in [1.54, 1.807) is 7.11 Å². The summed E-state index contributed by atoms with van der Waals surface area (Å²) in [5.74, 6) is 0.631. The predicted octanol–water partition coefficient (Wildman–Crippen LogP) is 0.704. The largest absolute Gasteiger partial charge is 0.390 e. The lowest BCUT2D eigenvalue weighted by molar-refractivity contribution is -0.0175. The van der Waals surface area contributed by atoms with Gasteiger partial charge in [0, 0.05) is 26.7 Å². The fourth-order valence-corrected chi connectivity index (χ4v) is 2.38. The normalized spacial score (nSPS) is 28.2. The summed E-state index contributed by atoms with van der Waals surface area (Å²) in [5, 5.41) is 13.2. The molecule has 0 aromatic heterocycles. The summed E-state index contributed by atoms with van der Waals surface area (Å²) in [6, 6.07) is 0. The Labute approximate surface area is 105 Å². The molecule has 0 spiro atoms. The van der Waals surface area contributed by atoms with Gasteiger partial charge in [-0.3, -0.25) is 4.90 Å². The third-order valence-electron chi connectivity index (χ3n) is 3.55. The first-order chi connectivity index (χ1) is 8.17. The van der Waals surface area contributed by atoms with Gasteiger partial charge in [0.15, 0.2) is 0 Å². The summed E-state index contributed by atoms with van der Waals surface area (Å²) in [7, 11) is 1.78. The molecule has 4 heteroatoms. The van der Waals surface area contributed by atoms with Gasteiger partial charge < -0.3 is 15.2 Å². The summed E-state index contributed by atoms with van der Waals surface area (Å²) in [5.41, 5.74) is 0. The zero-order chi connectivity index (χ0) is 12.7. The molecule has 1 aliphatic heterocycles. The van der Waals surface area contributed by atoms with Crippen LogP contribution < -0.4 is 5.32 Å². The highest BCUT2D eigenvalue weighted by molar-refractivity contribution is 4.80. The van der Waals surface area contributed by atoms with E-state index in [4.69, 9.17) is 4.74 Å². The Morgan fingerprint density at radius 2 is 2.29 bits per heavy atom. The van der Waals surface area contributed by atoms with Crippen molar-refractivity contribution in [3.63, 3.8) is 0 Å². The minimum atomic E-state index is -0.271. The van der Waals surface area contributed by atoms with Crippen LogP contribution in [0.25, 0.3) is 0 Å². The van der Waals surface area contributed by atoms with E-state index in [0.29, 0.717) is 18.6 Å². The molecule has 0 radical (unpaired) electrons. The smallest absolute Gasteiger partial charge is 0.0791 e. The van der Waals surface area contributed by atoms with Gasteiger partial charge in [-0.25, -0.2) is 0 Å². The average molecular weight is 244 g/mol. The lowest BCUT2D eigenvalue weighted by Crippen LogP contribution is -2.48. The van der Waals surface area contributed by atoms with Crippen molar-refractivity contribution in [1.82, 2.24) is 10.2 Å². The first-order valence-corrected chi connectivity index (χ1v) is 6.81. The molecule has 0 bridgehead atoms. The van der Waals surface area contributed by atoms with Crippen molar-refractivity contribution >= 4 is 0 Å². The lowest BCUT2D eigenvalue weighted by Gasteiger charge is -2.37. The highest BCUT2D eigenvalue weighted by Crippen LogP contribution is 2.19. The van der Waals surface area contributed by atoms with Crippen LogP contribution in [0.2, 0.25) is 0 Å². The topological polar surface area (TPSA) is 44.7 Å². The van der Waals surface area contributed by atoms with Gasteiger partial charge in [-0.15, -0.1) is 0 Å². The highest BCUT2D eigenvalue weighted by atomic mass is 16.5. The summed E-state index contributed by atoms with van der Waals surface area (Å²) in [4.78, 5) is 2.31. The molecule has 0 aliphatic carbocycles. The first-order valence-electron chi connectivity index (χ1n) is 6.81. The maximum atomic E-state index is 9.91. The Kier molecular flexibility index (Phi) is 7.04.